The molecule has 0 atom stereocenters. The highest BCUT2D eigenvalue weighted by Gasteiger charge is 1.99. The maximum absolute atomic E-state index is 12.7. The van der Waals surface area contributed by atoms with Crippen LogP contribution in [0.5, 0.6) is 0 Å². The first-order valence-electron chi connectivity index (χ1n) is 4.49. The van der Waals surface area contributed by atoms with E-state index in [9.17, 15) is 4.39 Å². The number of benzene rings is 1. The molecule has 0 aromatic heterocycles. The van der Waals surface area contributed by atoms with Gasteiger partial charge in [-0.1, -0.05) is 11.6 Å². The first kappa shape index (κ1) is 9.97. The molecule has 0 nitrogen and oxygen atoms in total. The van der Waals surface area contributed by atoms with Crippen LogP contribution in [0.15, 0.2) is 30.4 Å². The average molecular weight is 178 g/mol. The SMILES string of the molecule is C=C(C)CCc1ccc(F)cc1C. The van der Waals surface area contributed by atoms with E-state index < -0.39 is 0 Å². The van der Waals surface area contributed by atoms with Crippen LogP contribution in [-0.4, -0.2) is 0 Å². The molecule has 1 aromatic carbocycles. The van der Waals surface area contributed by atoms with Gasteiger partial charge in [0.1, 0.15) is 5.82 Å². The van der Waals surface area contributed by atoms with Gasteiger partial charge in [0, 0.05) is 0 Å². The third kappa shape index (κ3) is 3.02. The number of aryl methyl sites for hydroxylation is 2. The van der Waals surface area contributed by atoms with Crippen molar-refractivity contribution in [1.29, 1.82) is 0 Å². The van der Waals surface area contributed by atoms with Crippen LogP contribution in [-0.2, 0) is 6.42 Å². The zero-order chi connectivity index (χ0) is 9.84. The van der Waals surface area contributed by atoms with Gasteiger partial charge in [0.25, 0.3) is 0 Å². The van der Waals surface area contributed by atoms with Crippen molar-refractivity contribution in [2.75, 3.05) is 0 Å². The molecule has 1 heteroatoms. The average Bonchev–Trinajstić information content (AvgIpc) is 2.02. The van der Waals surface area contributed by atoms with Crippen molar-refractivity contribution in [2.45, 2.75) is 26.7 Å². The largest absolute Gasteiger partial charge is 0.207 e. The molecule has 0 saturated carbocycles. The molecule has 1 aromatic rings. The Bertz CT molecular complexity index is 313. The summed E-state index contributed by atoms with van der Waals surface area (Å²) in [5.41, 5.74) is 3.41. The van der Waals surface area contributed by atoms with Crippen LogP contribution in [0.1, 0.15) is 24.5 Å². The van der Waals surface area contributed by atoms with E-state index in [1.807, 2.05) is 19.9 Å². The van der Waals surface area contributed by atoms with Crippen LogP contribution < -0.4 is 0 Å². The van der Waals surface area contributed by atoms with Gasteiger partial charge in [-0.25, -0.2) is 4.39 Å². The van der Waals surface area contributed by atoms with Gasteiger partial charge in [0.05, 0.1) is 0 Å². The molecule has 70 valence electrons. The van der Waals surface area contributed by atoms with Crippen molar-refractivity contribution in [3.8, 4) is 0 Å². The Labute approximate surface area is 79.1 Å². The van der Waals surface area contributed by atoms with Crippen molar-refractivity contribution in [2.24, 2.45) is 0 Å². The van der Waals surface area contributed by atoms with Crippen LogP contribution in [0.3, 0.4) is 0 Å². The molecule has 0 saturated heterocycles. The third-order valence-electron chi connectivity index (χ3n) is 2.13. The smallest absolute Gasteiger partial charge is 0.123 e. The first-order chi connectivity index (χ1) is 6.09. The molecule has 13 heavy (non-hydrogen) atoms. The minimum atomic E-state index is -0.156. The summed E-state index contributed by atoms with van der Waals surface area (Å²) in [6.45, 7) is 7.80. The Balaban J connectivity index is 2.72. The highest BCUT2D eigenvalue weighted by Crippen LogP contribution is 2.13. The number of halogens is 1. The third-order valence-corrected chi connectivity index (χ3v) is 2.13. The molecule has 0 aliphatic rings. The van der Waals surface area contributed by atoms with E-state index in [-0.39, 0.29) is 5.82 Å². The normalized spacial score (nSPS) is 10.1. The topological polar surface area (TPSA) is 0 Å². The lowest BCUT2D eigenvalue weighted by Gasteiger charge is -2.05. The van der Waals surface area contributed by atoms with E-state index in [0.717, 1.165) is 18.4 Å². The Hall–Kier alpha value is -1.11. The van der Waals surface area contributed by atoms with Gasteiger partial charge < -0.3 is 0 Å². The van der Waals surface area contributed by atoms with E-state index in [1.165, 1.54) is 17.2 Å². The van der Waals surface area contributed by atoms with E-state index >= 15 is 0 Å². The molecule has 0 aliphatic carbocycles. The van der Waals surface area contributed by atoms with Crippen LogP contribution >= 0.6 is 0 Å². The Morgan fingerprint density at radius 3 is 2.69 bits per heavy atom. The van der Waals surface area contributed by atoms with E-state index in [0.29, 0.717) is 0 Å². The number of hydrogen-bond acceptors (Lipinski definition) is 0. The Morgan fingerprint density at radius 2 is 2.15 bits per heavy atom. The molecule has 0 spiro atoms. The molecule has 0 heterocycles. The molecule has 0 aliphatic heterocycles. The second kappa shape index (κ2) is 4.22. The van der Waals surface area contributed by atoms with Crippen molar-refractivity contribution in [1.82, 2.24) is 0 Å². The monoisotopic (exact) mass is 178 g/mol. The van der Waals surface area contributed by atoms with E-state index in [2.05, 4.69) is 6.58 Å². The van der Waals surface area contributed by atoms with Crippen molar-refractivity contribution >= 4 is 0 Å². The summed E-state index contributed by atoms with van der Waals surface area (Å²) in [6.07, 6.45) is 1.94. The summed E-state index contributed by atoms with van der Waals surface area (Å²) >= 11 is 0. The maximum Gasteiger partial charge on any atom is 0.123 e. The fourth-order valence-electron chi connectivity index (χ4n) is 1.29. The molecule has 0 N–H and O–H groups in total. The van der Waals surface area contributed by atoms with Gasteiger partial charge in [-0.05, 0) is 49.9 Å². The van der Waals surface area contributed by atoms with E-state index in [1.54, 1.807) is 6.07 Å². The lowest BCUT2D eigenvalue weighted by atomic mass is 10.0. The predicted molar refractivity (Wildman–Crippen MR) is 54.3 cm³/mol. The van der Waals surface area contributed by atoms with Gasteiger partial charge in [0.15, 0.2) is 0 Å². The quantitative estimate of drug-likeness (QED) is 0.620. The Kier molecular flexibility index (Phi) is 3.24. The van der Waals surface area contributed by atoms with E-state index in [4.69, 9.17) is 0 Å². The fraction of sp³-hybridized carbons (Fsp3) is 0.333. The summed E-state index contributed by atoms with van der Waals surface area (Å²) in [4.78, 5) is 0. The summed E-state index contributed by atoms with van der Waals surface area (Å²) in [5, 5.41) is 0. The number of rotatable bonds is 3. The minimum absolute atomic E-state index is 0.156. The molecule has 0 fully saturated rings. The zero-order valence-corrected chi connectivity index (χ0v) is 8.23. The van der Waals surface area contributed by atoms with Gasteiger partial charge in [-0.3, -0.25) is 0 Å². The first-order valence-corrected chi connectivity index (χ1v) is 4.49. The summed E-state index contributed by atoms with van der Waals surface area (Å²) in [6, 6.07) is 4.95. The van der Waals surface area contributed by atoms with Gasteiger partial charge in [-0.15, -0.1) is 6.58 Å². The Morgan fingerprint density at radius 1 is 1.46 bits per heavy atom. The maximum atomic E-state index is 12.7. The molecular weight excluding hydrogens is 163 g/mol. The van der Waals surface area contributed by atoms with Crippen LogP contribution in [0.4, 0.5) is 4.39 Å². The van der Waals surface area contributed by atoms with Crippen LogP contribution in [0.25, 0.3) is 0 Å². The number of allylic oxidation sites excluding steroid dienone is 1. The lowest BCUT2D eigenvalue weighted by Crippen LogP contribution is -1.91. The minimum Gasteiger partial charge on any atom is -0.207 e. The molecule has 0 unspecified atom stereocenters. The van der Waals surface area contributed by atoms with Gasteiger partial charge >= 0.3 is 0 Å². The molecule has 1 rings (SSSR count). The van der Waals surface area contributed by atoms with Gasteiger partial charge in [-0.2, -0.15) is 0 Å². The van der Waals surface area contributed by atoms with Crippen molar-refractivity contribution < 1.29 is 4.39 Å². The van der Waals surface area contributed by atoms with Crippen molar-refractivity contribution in [3.05, 3.63) is 47.3 Å². The highest BCUT2D eigenvalue weighted by molar-refractivity contribution is 5.27. The second-order valence-corrected chi connectivity index (χ2v) is 3.53. The number of hydrogen-bond donors (Lipinski definition) is 0. The summed E-state index contributed by atoms with van der Waals surface area (Å²) in [7, 11) is 0. The standard InChI is InChI=1S/C12H15F/c1-9(2)4-5-11-6-7-12(13)8-10(11)3/h6-8H,1,4-5H2,2-3H3. The van der Waals surface area contributed by atoms with Crippen LogP contribution in [0.2, 0.25) is 0 Å². The molecule has 0 radical (unpaired) electrons. The van der Waals surface area contributed by atoms with Gasteiger partial charge in [0.2, 0.25) is 0 Å². The van der Waals surface area contributed by atoms with Crippen molar-refractivity contribution in [3.63, 3.8) is 0 Å². The summed E-state index contributed by atoms with van der Waals surface area (Å²) < 4.78 is 12.7. The van der Waals surface area contributed by atoms with Crippen LogP contribution in [0, 0.1) is 12.7 Å². The zero-order valence-electron chi connectivity index (χ0n) is 8.23. The molecule has 0 bridgehead atoms. The fourth-order valence-corrected chi connectivity index (χ4v) is 1.29. The summed E-state index contributed by atoms with van der Waals surface area (Å²) in [5.74, 6) is -0.156. The molecule has 0 amide bonds. The predicted octanol–water partition coefficient (Wildman–Crippen LogP) is 3.64. The highest BCUT2D eigenvalue weighted by atomic mass is 19.1. The lowest BCUT2D eigenvalue weighted by molar-refractivity contribution is 0.625. The second-order valence-electron chi connectivity index (χ2n) is 3.53. The molecular formula is C12H15F.